The van der Waals surface area contributed by atoms with E-state index in [2.05, 4.69) is 28.8 Å². The number of fused-ring (bicyclic) bond motifs is 1. The first-order valence-electron chi connectivity index (χ1n) is 9.53. The molecule has 7 heteroatoms. The number of benzene rings is 2. The standard InChI is InChI=1S/C22H22ClN5O/c1-15(2)13-28-20-9-8-16(25-22(29)17-6-3-4-7-18(17)23)12-19(20)26-21(28)14-27-11-5-10-24-27/h3-12,15H,13-14H2,1-2H3,(H,25,29). The number of anilines is 1. The first-order chi connectivity index (χ1) is 14.0. The maximum atomic E-state index is 12.6. The summed E-state index contributed by atoms with van der Waals surface area (Å²) >= 11 is 6.14. The smallest absolute Gasteiger partial charge is 0.257 e. The van der Waals surface area contributed by atoms with Gasteiger partial charge >= 0.3 is 0 Å². The first kappa shape index (κ1) is 19.2. The van der Waals surface area contributed by atoms with E-state index in [9.17, 15) is 4.79 Å². The lowest BCUT2D eigenvalue weighted by Crippen LogP contribution is -2.12. The lowest BCUT2D eigenvalue weighted by molar-refractivity contribution is 0.102. The van der Waals surface area contributed by atoms with Gasteiger partial charge in [0.1, 0.15) is 5.82 Å². The van der Waals surface area contributed by atoms with Gasteiger partial charge in [-0.05, 0) is 42.3 Å². The SMILES string of the molecule is CC(C)Cn1c(Cn2cccn2)nc2cc(NC(=O)c3ccccc3Cl)ccc21. The largest absolute Gasteiger partial charge is 0.326 e. The molecule has 2 aromatic carbocycles. The van der Waals surface area contributed by atoms with Crippen LogP contribution in [0.5, 0.6) is 0 Å². The minimum absolute atomic E-state index is 0.242. The van der Waals surface area contributed by atoms with Crippen molar-refractivity contribution in [1.29, 1.82) is 0 Å². The molecule has 0 atom stereocenters. The first-order valence-corrected chi connectivity index (χ1v) is 9.91. The van der Waals surface area contributed by atoms with Gasteiger partial charge in [0.05, 0.1) is 28.2 Å². The van der Waals surface area contributed by atoms with Crippen LogP contribution in [-0.2, 0) is 13.1 Å². The van der Waals surface area contributed by atoms with Crippen LogP contribution in [-0.4, -0.2) is 25.2 Å². The summed E-state index contributed by atoms with van der Waals surface area (Å²) in [6.45, 7) is 5.82. The molecule has 0 fully saturated rings. The van der Waals surface area contributed by atoms with Crippen molar-refractivity contribution in [2.75, 3.05) is 5.32 Å². The lowest BCUT2D eigenvalue weighted by Gasteiger charge is -2.12. The van der Waals surface area contributed by atoms with Crippen molar-refractivity contribution in [1.82, 2.24) is 19.3 Å². The van der Waals surface area contributed by atoms with Gasteiger partial charge in [-0.15, -0.1) is 0 Å². The maximum absolute atomic E-state index is 12.6. The summed E-state index contributed by atoms with van der Waals surface area (Å²) in [6, 6.07) is 14.7. The summed E-state index contributed by atoms with van der Waals surface area (Å²) in [6.07, 6.45) is 3.69. The molecule has 0 saturated heterocycles. The van der Waals surface area contributed by atoms with Gasteiger partial charge in [0.15, 0.2) is 0 Å². The van der Waals surface area contributed by atoms with E-state index in [1.807, 2.05) is 35.1 Å². The van der Waals surface area contributed by atoms with E-state index in [0.29, 0.717) is 28.7 Å². The number of hydrogen-bond acceptors (Lipinski definition) is 3. The van der Waals surface area contributed by atoms with Crippen LogP contribution >= 0.6 is 11.6 Å². The average molecular weight is 408 g/mol. The Morgan fingerprint density at radius 1 is 1.17 bits per heavy atom. The number of rotatable bonds is 6. The molecule has 2 aromatic heterocycles. The molecule has 1 N–H and O–H groups in total. The van der Waals surface area contributed by atoms with Crippen LogP contribution in [0.4, 0.5) is 5.69 Å². The summed E-state index contributed by atoms with van der Waals surface area (Å²) in [5.74, 6) is 1.17. The van der Waals surface area contributed by atoms with E-state index in [4.69, 9.17) is 16.6 Å². The number of carbonyl (C=O) groups excluding carboxylic acids is 1. The zero-order chi connectivity index (χ0) is 20.4. The van der Waals surface area contributed by atoms with Gasteiger partial charge in [-0.1, -0.05) is 37.6 Å². The Bertz CT molecular complexity index is 1150. The van der Waals surface area contributed by atoms with Crippen LogP contribution in [0.3, 0.4) is 0 Å². The van der Waals surface area contributed by atoms with E-state index in [0.717, 1.165) is 23.4 Å². The summed E-state index contributed by atoms with van der Waals surface area (Å²) in [5, 5.41) is 7.64. The summed E-state index contributed by atoms with van der Waals surface area (Å²) in [4.78, 5) is 17.4. The number of carbonyl (C=O) groups is 1. The van der Waals surface area contributed by atoms with Gasteiger partial charge in [-0.2, -0.15) is 5.10 Å². The fraction of sp³-hybridized carbons (Fsp3) is 0.227. The number of amides is 1. The van der Waals surface area contributed by atoms with Gasteiger partial charge in [0.2, 0.25) is 0 Å². The Morgan fingerprint density at radius 3 is 2.72 bits per heavy atom. The predicted molar refractivity (Wildman–Crippen MR) is 115 cm³/mol. The summed E-state index contributed by atoms with van der Waals surface area (Å²) in [5.41, 5.74) is 3.00. The van der Waals surface area contributed by atoms with Crippen molar-refractivity contribution < 1.29 is 4.79 Å². The number of halogens is 1. The van der Waals surface area contributed by atoms with E-state index in [-0.39, 0.29) is 5.91 Å². The van der Waals surface area contributed by atoms with Crippen molar-refractivity contribution in [2.45, 2.75) is 26.9 Å². The third-order valence-electron chi connectivity index (χ3n) is 4.61. The normalized spacial score (nSPS) is 11.3. The molecule has 148 valence electrons. The van der Waals surface area contributed by atoms with Crippen LogP contribution in [0, 0.1) is 5.92 Å². The average Bonchev–Trinajstić information content (AvgIpc) is 3.30. The van der Waals surface area contributed by atoms with Crippen molar-refractivity contribution in [3.05, 3.63) is 77.3 Å². The van der Waals surface area contributed by atoms with Crippen molar-refractivity contribution in [2.24, 2.45) is 5.92 Å². The predicted octanol–water partition coefficient (Wildman–Crippen LogP) is 4.84. The highest BCUT2D eigenvalue weighted by molar-refractivity contribution is 6.34. The van der Waals surface area contributed by atoms with E-state index in [1.54, 1.807) is 30.5 Å². The van der Waals surface area contributed by atoms with Gasteiger partial charge < -0.3 is 9.88 Å². The Balaban J connectivity index is 1.66. The molecule has 0 saturated carbocycles. The van der Waals surface area contributed by atoms with Crippen molar-refractivity contribution in [3.8, 4) is 0 Å². The highest BCUT2D eigenvalue weighted by Crippen LogP contribution is 2.24. The minimum Gasteiger partial charge on any atom is -0.326 e. The highest BCUT2D eigenvalue weighted by Gasteiger charge is 2.15. The third kappa shape index (κ3) is 4.17. The molecule has 0 bridgehead atoms. The van der Waals surface area contributed by atoms with Gasteiger partial charge in [-0.25, -0.2) is 4.98 Å². The Hall–Kier alpha value is -3.12. The molecular weight excluding hydrogens is 386 g/mol. The van der Waals surface area contributed by atoms with Crippen LogP contribution in [0.25, 0.3) is 11.0 Å². The number of nitrogens with one attached hydrogen (secondary N) is 1. The second kappa shape index (κ2) is 8.09. The second-order valence-corrected chi connectivity index (χ2v) is 7.78. The zero-order valence-electron chi connectivity index (χ0n) is 16.3. The molecule has 0 unspecified atom stereocenters. The Kier molecular flexibility index (Phi) is 5.36. The number of imidazole rings is 1. The van der Waals surface area contributed by atoms with Crippen LogP contribution in [0.2, 0.25) is 5.02 Å². The third-order valence-corrected chi connectivity index (χ3v) is 4.94. The van der Waals surface area contributed by atoms with Crippen LogP contribution in [0.1, 0.15) is 30.0 Å². The van der Waals surface area contributed by atoms with E-state index in [1.165, 1.54) is 0 Å². The summed E-state index contributed by atoms with van der Waals surface area (Å²) in [7, 11) is 0. The van der Waals surface area contributed by atoms with Gasteiger partial charge in [0, 0.05) is 24.6 Å². The molecule has 1 amide bonds. The number of hydrogen-bond donors (Lipinski definition) is 1. The number of nitrogens with zero attached hydrogens (tertiary/aromatic N) is 4. The molecule has 0 spiro atoms. The zero-order valence-corrected chi connectivity index (χ0v) is 17.1. The Labute approximate surface area is 174 Å². The van der Waals surface area contributed by atoms with Crippen molar-refractivity contribution >= 4 is 34.2 Å². The fourth-order valence-corrected chi connectivity index (χ4v) is 3.55. The van der Waals surface area contributed by atoms with Gasteiger partial charge in [-0.3, -0.25) is 9.48 Å². The Morgan fingerprint density at radius 2 is 2.00 bits per heavy atom. The number of aromatic nitrogens is 4. The topological polar surface area (TPSA) is 64.7 Å². The summed E-state index contributed by atoms with van der Waals surface area (Å²) < 4.78 is 4.08. The molecule has 0 radical (unpaired) electrons. The lowest BCUT2D eigenvalue weighted by atomic mass is 10.2. The highest BCUT2D eigenvalue weighted by atomic mass is 35.5. The molecule has 4 rings (SSSR count). The molecule has 0 aliphatic heterocycles. The molecule has 0 aliphatic carbocycles. The van der Waals surface area contributed by atoms with Crippen LogP contribution in [0.15, 0.2) is 60.9 Å². The minimum atomic E-state index is -0.242. The fourth-order valence-electron chi connectivity index (χ4n) is 3.33. The van der Waals surface area contributed by atoms with Crippen LogP contribution < -0.4 is 5.32 Å². The monoisotopic (exact) mass is 407 g/mol. The maximum Gasteiger partial charge on any atom is 0.257 e. The molecule has 4 aromatic rings. The van der Waals surface area contributed by atoms with E-state index >= 15 is 0 Å². The van der Waals surface area contributed by atoms with Gasteiger partial charge in [0.25, 0.3) is 5.91 Å². The van der Waals surface area contributed by atoms with E-state index < -0.39 is 0 Å². The molecular formula is C22H22ClN5O. The molecule has 0 aliphatic rings. The molecule has 6 nitrogen and oxygen atoms in total. The van der Waals surface area contributed by atoms with Crippen molar-refractivity contribution in [3.63, 3.8) is 0 Å². The molecule has 29 heavy (non-hydrogen) atoms. The quantitative estimate of drug-likeness (QED) is 0.497. The molecule has 2 heterocycles. The second-order valence-electron chi connectivity index (χ2n) is 7.37.